The van der Waals surface area contributed by atoms with Crippen molar-refractivity contribution in [1.29, 1.82) is 0 Å². The summed E-state index contributed by atoms with van der Waals surface area (Å²) in [4.78, 5) is 2.21. The molecule has 0 spiro atoms. The number of nitrogens with zero attached hydrogens (tertiary/aromatic N) is 1. The van der Waals surface area contributed by atoms with Gasteiger partial charge in [0.15, 0.2) is 0 Å². The summed E-state index contributed by atoms with van der Waals surface area (Å²) in [6.45, 7) is 1.50. The number of hydrogen-bond donors (Lipinski definition) is 1. The zero-order valence-corrected chi connectivity index (χ0v) is 12.1. The highest BCUT2D eigenvalue weighted by atomic mass is 19.1. The maximum absolute atomic E-state index is 14.1. The number of halogens is 1. The van der Waals surface area contributed by atoms with Gasteiger partial charge in [0.05, 0.1) is 7.11 Å². The van der Waals surface area contributed by atoms with E-state index < -0.39 is 0 Å². The third kappa shape index (κ3) is 2.79. The van der Waals surface area contributed by atoms with Crippen LogP contribution in [0.15, 0.2) is 36.4 Å². The first-order valence-corrected chi connectivity index (χ1v) is 7.13. The summed E-state index contributed by atoms with van der Waals surface area (Å²) in [7, 11) is 1.54. The number of ether oxygens (including phenoxy) is 1. The van der Waals surface area contributed by atoms with Gasteiger partial charge < -0.3 is 15.4 Å². The fourth-order valence-corrected chi connectivity index (χ4v) is 2.85. The van der Waals surface area contributed by atoms with Gasteiger partial charge in [-0.15, -0.1) is 0 Å². The lowest BCUT2D eigenvalue weighted by Crippen LogP contribution is -2.29. The Bertz CT molecular complexity index is 657. The Labute approximate surface area is 124 Å². The van der Waals surface area contributed by atoms with Crippen LogP contribution in [0.1, 0.15) is 17.5 Å². The van der Waals surface area contributed by atoms with E-state index in [1.165, 1.54) is 11.6 Å². The Balaban J connectivity index is 1.87. The molecule has 1 aliphatic rings. The number of rotatable bonds is 3. The standard InChI is InChI=1S/C17H19FN2O/c1-21-15-6-4-13(16(18)10-15)11-20-8-2-3-12-9-14(19)5-7-17(12)20/h4-7,9-10H,2-3,8,11,19H2,1H3. The first kappa shape index (κ1) is 13.7. The van der Waals surface area contributed by atoms with E-state index in [1.54, 1.807) is 19.2 Å². The SMILES string of the molecule is COc1ccc(CN2CCCc3cc(N)ccc32)c(F)c1. The molecule has 1 heterocycles. The second-order valence-electron chi connectivity index (χ2n) is 5.37. The molecular formula is C17H19FN2O. The van der Waals surface area contributed by atoms with Gasteiger partial charge >= 0.3 is 0 Å². The van der Waals surface area contributed by atoms with Crippen LogP contribution in [-0.2, 0) is 13.0 Å². The molecule has 3 nitrogen and oxygen atoms in total. The summed E-state index contributed by atoms with van der Waals surface area (Å²) in [5.74, 6) is 0.319. The van der Waals surface area contributed by atoms with E-state index in [0.717, 1.165) is 30.8 Å². The van der Waals surface area contributed by atoms with E-state index in [0.29, 0.717) is 17.9 Å². The Morgan fingerprint density at radius 1 is 1.24 bits per heavy atom. The topological polar surface area (TPSA) is 38.5 Å². The molecule has 3 rings (SSSR count). The van der Waals surface area contributed by atoms with Crippen molar-refractivity contribution in [2.75, 3.05) is 24.3 Å². The molecule has 0 unspecified atom stereocenters. The molecule has 0 bridgehead atoms. The number of nitrogen functional groups attached to an aromatic ring is 1. The maximum atomic E-state index is 14.1. The van der Waals surface area contributed by atoms with Gasteiger partial charge in [-0.3, -0.25) is 0 Å². The molecule has 0 saturated heterocycles. The van der Waals surface area contributed by atoms with Gasteiger partial charge in [0, 0.05) is 36.1 Å². The minimum Gasteiger partial charge on any atom is -0.497 e. The molecule has 0 radical (unpaired) electrons. The quantitative estimate of drug-likeness (QED) is 0.879. The molecule has 2 N–H and O–H groups in total. The molecule has 0 fully saturated rings. The zero-order valence-electron chi connectivity index (χ0n) is 12.1. The van der Waals surface area contributed by atoms with Crippen molar-refractivity contribution >= 4 is 11.4 Å². The highest BCUT2D eigenvalue weighted by Crippen LogP contribution is 2.30. The number of benzene rings is 2. The van der Waals surface area contributed by atoms with Gasteiger partial charge in [-0.2, -0.15) is 0 Å². The van der Waals surface area contributed by atoms with Crippen LogP contribution >= 0.6 is 0 Å². The number of methoxy groups -OCH3 is 1. The van der Waals surface area contributed by atoms with E-state index in [1.807, 2.05) is 18.2 Å². The van der Waals surface area contributed by atoms with Gasteiger partial charge in [0.2, 0.25) is 0 Å². The van der Waals surface area contributed by atoms with E-state index in [9.17, 15) is 4.39 Å². The zero-order chi connectivity index (χ0) is 14.8. The number of hydrogen-bond acceptors (Lipinski definition) is 3. The van der Waals surface area contributed by atoms with E-state index in [-0.39, 0.29) is 5.82 Å². The summed E-state index contributed by atoms with van der Waals surface area (Å²) in [6, 6.07) is 11.0. The highest BCUT2D eigenvalue weighted by Gasteiger charge is 2.18. The predicted molar refractivity (Wildman–Crippen MR) is 83.2 cm³/mol. The molecule has 1 aliphatic heterocycles. The van der Waals surface area contributed by atoms with Crippen LogP contribution in [0.3, 0.4) is 0 Å². The lowest BCUT2D eigenvalue weighted by molar-refractivity contribution is 0.410. The smallest absolute Gasteiger partial charge is 0.131 e. The highest BCUT2D eigenvalue weighted by molar-refractivity contribution is 5.61. The fraction of sp³-hybridized carbons (Fsp3) is 0.294. The molecule has 21 heavy (non-hydrogen) atoms. The third-order valence-electron chi connectivity index (χ3n) is 3.94. The Kier molecular flexibility index (Phi) is 3.69. The van der Waals surface area contributed by atoms with Crippen molar-refractivity contribution < 1.29 is 9.13 Å². The average molecular weight is 286 g/mol. The van der Waals surface area contributed by atoms with E-state index in [4.69, 9.17) is 10.5 Å². The first-order chi connectivity index (χ1) is 10.2. The Hall–Kier alpha value is -2.23. The Morgan fingerprint density at radius 3 is 2.86 bits per heavy atom. The summed E-state index contributed by atoms with van der Waals surface area (Å²) in [6.07, 6.45) is 2.09. The van der Waals surface area contributed by atoms with Crippen LogP contribution in [-0.4, -0.2) is 13.7 Å². The molecule has 0 aromatic heterocycles. The van der Waals surface area contributed by atoms with Crippen LogP contribution in [0, 0.1) is 5.82 Å². The van der Waals surface area contributed by atoms with Crippen LogP contribution < -0.4 is 15.4 Å². The Morgan fingerprint density at radius 2 is 2.10 bits per heavy atom. The lowest BCUT2D eigenvalue weighted by Gasteiger charge is -2.31. The minimum atomic E-state index is -0.225. The molecular weight excluding hydrogens is 267 g/mol. The minimum absolute atomic E-state index is 0.225. The molecule has 2 aromatic carbocycles. The summed E-state index contributed by atoms with van der Waals surface area (Å²) in [5, 5.41) is 0. The molecule has 0 atom stereocenters. The van der Waals surface area contributed by atoms with Gasteiger partial charge in [-0.05, 0) is 42.7 Å². The molecule has 4 heteroatoms. The second-order valence-corrected chi connectivity index (χ2v) is 5.37. The van der Waals surface area contributed by atoms with Crippen molar-refractivity contribution in [3.05, 3.63) is 53.3 Å². The first-order valence-electron chi connectivity index (χ1n) is 7.13. The van der Waals surface area contributed by atoms with Crippen molar-refractivity contribution in [2.24, 2.45) is 0 Å². The monoisotopic (exact) mass is 286 g/mol. The normalized spacial score (nSPS) is 13.9. The van der Waals surface area contributed by atoms with Crippen LogP contribution in [0.25, 0.3) is 0 Å². The van der Waals surface area contributed by atoms with Crippen LogP contribution in [0.5, 0.6) is 5.75 Å². The van der Waals surface area contributed by atoms with Crippen LogP contribution in [0.4, 0.5) is 15.8 Å². The second kappa shape index (κ2) is 5.64. The van der Waals surface area contributed by atoms with Crippen molar-refractivity contribution in [3.63, 3.8) is 0 Å². The van der Waals surface area contributed by atoms with E-state index >= 15 is 0 Å². The molecule has 110 valence electrons. The third-order valence-corrected chi connectivity index (χ3v) is 3.94. The summed E-state index contributed by atoms with van der Waals surface area (Å²) >= 11 is 0. The predicted octanol–water partition coefficient (Wildman–Crippen LogP) is 3.37. The lowest BCUT2D eigenvalue weighted by atomic mass is 10.0. The maximum Gasteiger partial charge on any atom is 0.131 e. The van der Waals surface area contributed by atoms with Gasteiger partial charge in [-0.25, -0.2) is 4.39 Å². The number of fused-ring (bicyclic) bond motifs is 1. The van der Waals surface area contributed by atoms with Crippen molar-refractivity contribution in [3.8, 4) is 5.75 Å². The molecule has 0 saturated carbocycles. The number of nitrogens with two attached hydrogens (primary N) is 1. The summed E-state index contributed by atoms with van der Waals surface area (Å²) in [5.41, 5.74) is 9.71. The molecule has 0 amide bonds. The van der Waals surface area contributed by atoms with Gasteiger partial charge in [-0.1, -0.05) is 6.07 Å². The van der Waals surface area contributed by atoms with Crippen molar-refractivity contribution in [2.45, 2.75) is 19.4 Å². The van der Waals surface area contributed by atoms with Crippen molar-refractivity contribution in [1.82, 2.24) is 0 Å². The van der Waals surface area contributed by atoms with Crippen LogP contribution in [0.2, 0.25) is 0 Å². The van der Waals surface area contributed by atoms with E-state index in [2.05, 4.69) is 4.90 Å². The average Bonchev–Trinajstić information content (AvgIpc) is 2.49. The number of aryl methyl sites for hydroxylation is 1. The van der Waals surface area contributed by atoms with Gasteiger partial charge in [0.1, 0.15) is 11.6 Å². The largest absolute Gasteiger partial charge is 0.497 e. The van der Waals surface area contributed by atoms with Gasteiger partial charge in [0.25, 0.3) is 0 Å². The molecule has 2 aromatic rings. The summed E-state index contributed by atoms with van der Waals surface area (Å²) < 4.78 is 19.1. The number of anilines is 2. The molecule has 0 aliphatic carbocycles. The fourth-order valence-electron chi connectivity index (χ4n) is 2.85.